The van der Waals surface area contributed by atoms with Crippen molar-refractivity contribution in [2.24, 2.45) is 5.92 Å². The molecule has 0 aromatic rings. The van der Waals surface area contributed by atoms with Gasteiger partial charge >= 0.3 is 12.1 Å². The predicted molar refractivity (Wildman–Crippen MR) is 87.1 cm³/mol. The van der Waals surface area contributed by atoms with E-state index < -0.39 is 5.60 Å². The zero-order valence-corrected chi connectivity index (χ0v) is 14.8. The standard InChI is InChI=1S/C17H30N2O4/c1-17(2,3)23-16(21)19-8-5-6-14(12-19)18-9-7-13(11-18)10-15(20)22-4/h13-14H,5-12H2,1-4H3/t13-,14?/m0/s1. The molecule has 0 saturated carbocycles. The van der Waals surface area contributed by atoms with Gasteiger partial charge in [-0.25, -0.2) is 4.79 Å². The predicted octanol–water partition coefficient (Wildman–Crippen LogP) is 2.27. The summed E-state index contributed by atoms with van der Waals surface area (Å²) in [6, 6.07) is 0.374. The summed E-state index contributed by atoms with van der Waals surface area (Å²) in [4.78, 5) is 27.9. The fraction of sp³-hybridized carbons (Fsp3) is 0.882. The smallest absolute Gasteiger partial charge is 0.410 e. The minimum Gasteiger partial charge on any atom is -0.469 e. The molecule has 2 heterocycles. The second-order valence-electron chi connectivity index (χ2n) is 7.65. The van der Waals surface area contributed by atoms with Gasteiger partial charge in [-0.15, -0.1) is 0 Å². The lowest BCUT2D eigenvalue weighted by Crippen LogP contribution is -2.50. The first-order chi connectivity index (χ1) is 10.8. The van der Waals surface area contributed by atoms with Gasteiger partial charge in [0.15, 0.2) is 0 Å². The summed E-state index contributed by atoms with van der Waals surface area (Å²) >= 11 is 0. The van der Waals surface area contributed by atoms with Gasteiger partial charge in [0, 0.05) is 32.1 Å². The van der Waals surface area contributed by atoms with Crippen molar-refractivity contribution in [1.29, 1.82) is 0 Å². The number of piperidine rings is 1. The van der Waals surface area contributed by atoms with Gasteiger partial charge in [-0.05, 0) is 52.5 Å². The minimum atomic E-state index is -0.455. The Kier molecular flexibility index (Phi) is 5.89. The molecule has 23 heavy (non-hydrogen) atoms. The third-order valence-electron chi connectivity index (χ3n) is 4.56. The first-order valence-corrected chi connectivity index (χ1v) is 8.57. The van der Waals surface area contributed by atoms with Crippen LogP contribution in [0.3, 0.4) is 0 Å². The van der Waals surface area contributed by atoms with Crippen molar-refractivity contribution in [2.75, 3.05) is 33.3 Å². The molecule has 1 unspecified atom stereocenters. The van der Waals surface area contributed by atoms with Gasteiger partial charge in [-0.2, -0.15) is 0 Å². The number of hydrogen-bond donors (Lipinski definition) is 0. The van der Waals surface area contributed by atoms with E-state index in [2.05, 4.69) is 4.90 Å². The second kappa shape index (κ2) is 7.51. The monoisotopic (exact) mass is 326 g/mol. The van der Waals surface area contributed by atoms with Gasteiger partial charge < -0.3 is 14.4 Å². The Bertz CT molecular complexity index is 433. The molecule has 2 aliphatic rings. The largest absolute Gasteiger partial charge is 0.469 e. The maximum atomic E-state index is 12.2. The van der Waals surface area contributed by atoms with Crippen LogP contribution in [-0.2, 0) is 14.3 Å². The Hall–Kier alpha value is -1.30. The molecule has 0 spiro atoms. The van der Waals surface area contributed by atoms with Crippen LogP contribution in [0.15, 0.2) is 0 Å². The Morgan fingerprint density at radius 3 is 2.52 bits per heavy atom. The third-order valence-corrected chi connectivity index (χ3v) is 4.56. The first-order valence-electron chi connectivity index (χ1n) is 8.57. The Morgan fingerprint density at radius 1 is 1.13 bits per heavy atom. The van der Waals surface area contributed by atoms with Crippen LogP contribution >= 0.6 is 0 Å². The van der Waals surface area contributed by atoms with E-state index in [1.165, 1.54) is 7.11 Å². The molecule has 2 saturated heterocycles. The average Bonchev–Trinajstić information content (AvgIpc) is 2.94. The van der Waals surface area contributed by atoms with Gasteiger partial charge in [-0.1, -0.05) is 0 Å². The van der Waals surface area contributed by atoms with Crippen LogP contribution < -0.4 is 0 Å². The number of nitrogens with zero attached hydrogens (tertiary/aromatic N) is 2. The minimum absolute atomic E-state index is 0.129. The fourth-order valence-corrected chi connectivity index (χ4v) is 3.42. The normalized spacial score (nSPS) is 26.2. The molecule has 0 radical (unpaired) electrons. The number of hydrogen-bond acceptors (Lipinski definition) is 5. The second-order valence-corrected chi connectivity index (χ2v) is 7.65. The van der Waals surface area contributed by atoms with E-state index in [9.17, 15) is 9.59 Å². The SMILES string of the molecule is COC(=O)C[C@@H]1CCN(C2CCCN(C(=O)OC(C)(C)C)C2)C1. The van der Waals surface area contributed by atoms with Gasteiger partial charge in [0.1, 0.15) is 5.60 Å². The summed E-state index contributed by atoms with van der Waals surface area (Å²) in [6.07, 6.45) is 3.41. The molecule has 0 aromatic carbocycles. The number of rotatable bonds is 3. The van der Waals surface area contributed by atoms with Crippen molar-refractivity contribution in [3.63, 3.8) is 0 Å². The molecule has 132 valence electrons. The van der Waals surface area contributed by atoms with E-state index >= 15 is 0 Å². The van der Waals surface area contributed by atoms with E-state index in [1.807, 2.05) is 25.7 Å². The lowest BCUT2D eigenvalue weighted by atomic mass is 10.0. The molecule has 2 aliphatic heterocycles. The molecule has 0 aromatic heterocycles. The average molecular weight is 326 g/mol. The van der Waals surface area contributed by atoms with Crippen molar-refractivity contribution >= 4 is 12.1 Å². The molecule has 2 fully saturated rings. The molecule has 6 heteroatoms. The van der Waals surface area contributed by atoms with Crippen molar-refractivity contribution in [3.05, 3.63) is 0 Å². The van der Waals surface area contributed by atoms with Crippen molar-refractivity contribution < 1.29 is 19.1 Å². The number of carbonyl (C=O) groups is 2. The number of carbonyl (C=O) groups excluding carboxylic acids is 2. The van der Waals surface area contributed by atoms with E-state index in [1.54, 1.807) is 0 Å². The van der Waals surface area contributed by atoms with Crippen LogP contribution in [0.5, 0.6) is 0 Å². The van der Waals surface area contributed by atoms with Crippen LogP contribution in [0.25, 0.3) is 0 Å². The Morgan fingerprint density at radius 2 is 1.87 bits per heavy atom. The lowest BCUT2D eigenvalue weighted by molar-refractivity contribution is -0.141. The van der Waals surface area contributed by atoms with Gasteiger partial charge in [0.05, 0.1) is 7.11 Å². The van der Waals surface area contributed by atoms with Crippen molar-refractivity contribution in [1.82, 2.24) is 9.80 Å². The van der Waals surface area contributed by atoms with Crippen LogP contribution in [0.1, 0.15) is 46.5 Å². The van der Waals surface area contributed by atoms with E-state index in [0.717, 1.165) is 45.4 Å². The molecule has 0 N–H and O–H groups in total. The van der Waals surface area contributed by atoms with E-state index in [4.69, 9.17) is 9.47 Å². The molecule has 6 nitrogen and oxygen atoms in total. The van der Waals surface area contributed by atoms with E-state index in [-0.39, 0.29) is 12.1 Å². The molecular formula is C17H30N2O4. The first kappa shape index (κ1) is 18.0. The molecular weight excluding hydrogens is 296 g/mol. The number of amides is 1. The maximum absolute atomic E-state index is 12.2. The number of esters is 1. The zero-order valence-electron chi connectivity index (χ0n) is 14.8. The van der Waals surface area contributed by atoms with Crippen LogP contribution in [0.2, 0.25) is 0 Å². The summed E-state index contributed by atoms with van der Waals surface area (Å²) in [6.45, 7) is 9.08. The summed E-state index contributed by atoms with van der Waals surface area (Å²) in [7, 11) is 1.44. The number of likely N-dealkylation sites (tertiary alicyclic amines) is 2. The molecule has 2 rings (SSSR count). The third kappa shape index (κ3) is 5.37. The number of ether oxygens (including phenoxy) is 2. The lowest BCUT2D eigenvalue weighted by Gasteiger charge is -2.38. The summed E-state index contributed by atoms with van der Waals surface area (Å²) < 4.78 is 10.2. The molecule has 0 aliphatic carbocycles. The summed E-state index contributed by atoms with van der Waals surface area (Å²) in [5.74, 6) is 0.246. The maximum Gasteiger partial charge on any atom is 0.410 e. The highest BCUT2D eigenvalue weighted by atomic mass is 16.6. The highest BCUT2D eigenvalue weighted by molar-refractivity contribution is 5.69. The van der Waals surface area contributed by atoms with Crippen LogP contribution in [0, 0.1) is 5.92 Å². The summed E-state index contributed by atoms with van der Waals surface area (Å²) in [5, 5.41) is 0. The van der Waals surface area contributed by atoms with Gasteiger partial charge in [0.25, 0.3) is 0 Å². The van der Waals surface area contributed by atoms with Gasteiger partial charge in [0.2, 0.25) is 0 Å². The number of methoxy groups -OCH3 is 1. The van der Waals surface area contributed by atoms with Crippen molar-refractivity contribution in [2.45, 2.75) is 58.1 Å². The van der Waals surface area contributed by atoms with Gasteiger partial charge in [-0.3, -0.25) is 9.69 Å². The van der Waals surface area contributed by atoms with E-state index in [0.29, 0.717) is 18.4 Å². The summed E-state index contributed by atoms with van der Waals surface area (Å²) in [5.41, 5.74) is -0.455. The zero-order chi connectivity index (χ0) is 17.0. The molecule has 1 amide bonds. The fourth-order valence-electron chi connectivity index (χ4n) is 3.42. The van der Waals surface area contributed by atoms with Crippen LogP contribution in [-0.4, -0.2) is 66.8 Å². The highest BCUT2D eigenvalue weighted by Crippen LogP contribution is 2.26. The quantitative estimate of drug-likeness (QED) is 0.745. The molecule has 2 atom stereocenters. The topological polar surface area (TPSA) is 59.1 Å². The highest BCUT2D eigenvalue weighted by Gasteiger charge is 2.34. The molecule has 0 bridgehead atoms. The van der Waals surface area contributed by atoms with Crippen molar-refractivity contribution in [3.8, 4) is 0 Å². The van der Waals surface area contributed by atoms with Crippen LogP contribution in [0.4, 0.5) is 4.79 Å². The Labute approximate surface area is 139 Å². The Balaban J connectivity index is 1.84.